The van der Waals surface area contributed by atoms with Crippen molar-refractivity contribution in [2.45, 2.75) is 19.1 Å². The second-order valence-corrected chi connectivity index (χ2v) is 5.64. The van der Waals surface area contributed by atoms with E-state index in [1.54, 1.807) is 23.0 Å². The highest BCUT2D eigenvalue weighted by Crippen LogP contribution is 2.32. The summed E-state index contributed by atoms with van der Waals surface area (Å²) in [5.41, 5.74) is 1.37. The minimum absolute atomic E-state index is 0.00900. The molecule has 1 saturated heterocycles. The Labute approximate surface area is 142 Å². The number of halogens is 1. The molecule has 1 fully saturated rings. The Morgan fingerprint density at radius 3 is 3.04 bits per heavy atom. The van der Waals surface area contributed by atoms with Gasteiger partial charge in [-0.25, -0.2) is 4.98 Å². The number of aromatic hydroxyl groups is 1. The smallest absolute Gasteiger partial charge is 0.312 e. The summed E-state index contributed by atoms with van der Waals surface area (Å²) in [5.74, 6) is 0.530. The molecule has 3 aromatic rings. The fraction of sp³-hybridized carbons (Fsp3) is 0.312. The first kappa shape index (κ1) is 15.6. The number of phenolic OH excluding ortho intramolecular Hbond substituents is 1. The third kappa shape index (κ3) is 2.82. The van der Waals surface area contributed by atoms with Gasteiger partial charge in [-0.3, -0.25) is 4.57 Å². The predicted molar refractivity (Wildman–Crippen MR) is 87.4 cm³/mol. The Hall–Kier alpha value is -2.94. The Balaban J connectivity index is 1.74. The highest BCUT2D eigenvalue weighted by atomic mass is 19.1. The first-order chi connectivity index (χ1) is 12.2. The molecule has 2 N–H and O–H groups in total. The molecule has 0 saturated carbocycles. The fourth-order valence-electron chi connectivity index (χ4n) is 2.86. The van der Waals surface area contributed by atoms with Crippen LogP contribution in [0, 0.1) is 6.08 Å². The maximum absolute atomic E-state index is 13.9. The Morgan fingerprint density at radius 2 is 2.28 bits per heavy atom. The quantitative estimate of drug-likeness (QED) is 0.554. The van der Waals surface area contributed by atoms with Crippen LogP contribution in [0.1, 0.15) is 19.1 Å². The second-order valence-electron chi connectivity index (χ2n) is 5.64. The number of nitrogens with one attached hydrogen (secondary N) is 1. The number of aromatic nitrogens is 4. The molecule has 1 atom stereocenters. The molecule has 0 amide bonds. The van der Waals surface area contributed by atoms with Gasteiger partial charge in [0.1, 0.15) is 6.23 Å². The van der Waals surface area contributed by atoms with Crippen LogP contribution in [0.3, 0.4) is 0 Å². The Bertz CT molecular complexity index is 924. The first-order valence-corrected chi connectivity index (χ1v) is 7.81. The fourth-order valence-corrected chi connectivity index (χ4v) is 2.86. The van der Waals surface area contributed by atoms with E-state index >= 15 is 0 Å². The second kappa shape index (κ2) is 6.17. The number of hydrogen-bond acceptors (Lipinski definition) is 7. The van der Waals surface area contributed by atoms with E-state index in [9.17, 15) is 9.50 Å². The highest BCUT2D eigenvalue weighted by Gasteiger charge is 2.22. The first-order valence-electron chi connectivity index (χ1n) is 7.81. The van der Waals surface area contributed by atoms with Crippen molar-refractivity contribution in [2.24, 2.45) is 0 Å². The average molecular weight is 345 g/mol. The molecule has 9 heteroatoms. The summed E-state index contributed by atoms with van der Waals surface area (Å²) in [6, 6.07) is 4.68. The van der Waals surface area contributed by atoms with Gasteiger partial charge in [-0.2, -0.15) is 14.4 Å². The number of hydrogen-bond donors (Lipinski definition) is 2. The molecular weight excluding hydrogens is 329 g/mol. The minimum atomic E-state index is -0.861. The van der Waals surface area contributed by atoms with E-state index in [0.29, 0.717) is 29.2 Å². The molecule has 1 aliphatic rings. The van der Waals surface area contributed by atoms with Crippen LogP contribution in [0.15, 0.2) is 24.5 Å². The molecule has 130 valence electrons. The zero-order chi connectivity index (χ0) is 17.4. The van der Waals surface area contributed by atoms with Crippen LogP contribution in [0.2, 0.25) is 0 Å². The van der Waals surface area contributed by atoms with Crippen molar-refractivity contribution >= 4 is 22.7 Å². The summed E-state index contributed by atoms with van der Waals surface area (Å²) >= 11 is 0. The molecular formula is C16H16FN5O3. The molecule has 25 heavy (non-hydrogen) atoms. The summed E-state index contributed by atoms with van der Waals surface area (Å²) in [6.07, 6.45) is 2.30. The molecule has 8 nitrogen and oxygen atoms in total. The number of ether oxygens (including phenoxy) is 2. The van der Waals surface area contributed by atoms with Crippen LogP contribution < -0.4 is 10.1 Å². The van der Waals surface area contributed by atoms with Gasteiger partial charge in [0.15, 0.2) is 28.5 Å². The summed E-state index contributed by atoms with van der Waals surface area (Å²) < 4.78 is 26.4. The monoisotopic (exact) mass is 345 g/mol. The lowest BCUT2D eigenvalue weighted by molar-refractivity contribution is 0.0592. The number of fused-ring (bicyclic) bond motifs is 1. The van der Waals surface area contributed by atoms with Gasteiger partial charge in [0.2, 0.25) is 0 Å². The lowest BCUT2D eigenvalue weighted by Gasteiger charge is -2.12. The summed E-state index contributed by atoms with van der Waals surface area (Å²) in [5, 5.41) is 12.7. The number of imidazole rings is 1. The molecule has 1 aliphatic heterocycles. The highest BCUT2D eigenvalue weighted by molar-refractivity contribution is 5.85. The normalized spacial score (nSPS) is 17.1. The largest absolute Gasteiger partial charge is 0.504 e. The van der Waals surface area contributed by atoms with Crippen molar-refractivity contribution in [2.75, 3.05) is 19.0 Å². The van der Waals surface area contributed by atoms with Crippen LogP contribution >= 0.6 is 0 Å². The van der Waals surface area contributed by atoms with Crippen molar-refractivity contribution < 1.29 is 19.0 Å². The number of phenols is 1. The van der Waals surface area contributed by atoms with Crippen molar-refractivity contribution in [3.05, 3.63) is 30.6 Å². The van der Waals surface area contributed by atoms with Gasteiger partial charge in [0, 0.05) is 18.4 Å². The van der Waals surface area contributed by atoms with Crippen LogP contribution in [0.4, 0.5) is 15.9 Å². The van der Waals surface area contributed by atoms with Gasteiger partial charge in [-0.1, -0.05) is 0 Å². The van der Waals surface area contributed by atoms with Crippen LogP contribution in [-0.2, 0) is 4.74 Å². The van der Waals surface area contributed by atoms with E-state index in [1.165, 1.54) is 13.2 Å². The molecule has 1 unspecified atom stereocenters. The van der Waals surface area contributed by atoms with Crippen molar-refractivity contribution in [3.8, 4) is 11.5 Å². The van der Waals surface area contributed by atoms with Crippen molar-refractivity contribution in [1.29, 1.82) is 0 Å². The lowest BCUT2D eigenvalue weighted by atomic mass is 10.2. The third-order valence-corrected chi connectivity index (χ3v) is 4.05. The molecule has 1 aromatic carbocycles. The number of anilines is 2. The van der Waals surface area contributed by atoms with E-state index in [-0.39, 0.29) is 17.8 Å². The molecule has 3 heterocycles. The standard InChI is InChI=1S/C16H16FN5O3/c1-24-11-7-9(4-5-10(11)23)19-14-13-15(21-16(17)20-14)22(8-18-13)12-3-2-6-25-12/h4-5,7-8,12,23H,2-3,6H2,1H3,(H,19,20,21). The predicted octanol–water partition coefficient (Wildman–Crippen LogP) is 2.73. The maximum Gasteiger partial charge on any atom is 0.312 e. The van der Waals surface area contributed by atoms with Gasteiger partial charge in [0.25, 0.3) is 0 Å². The number of benzene rings is 1. The molecule has 2 aromatic heterocycles. The molecule has 4 rings (SSSR count). The van der Waals surface area contributed by atoms with Crippen molar-refractivity contribution in [1.82, 2.24) is 19.5 Å². The zero-order valence-corrected chi connectivity index (χ0v) is 13.4. The molecule has 0 aliphatic carbocycles. The van der Waals surface area contributed by atoms with E-state index in [2.05, 4.69) is 20.3 Å². The Kier molecular flexibility index (Phi) is 3.85. The SMILES string of the molecule is COc1cc(Nc2nc(F)nc3c2ncn3C2CCCO2)ccc1O. The van der Waals surface area contributed by atoms with E-state index < -0.39 is 6.08 Å². The summed E-state index contributed by atoms with van der Waals surface area (Å²) in [6.45, 7) is 0.663. The van der Waals surface area contributed by atoms with Gasteiger partial charge < -0.3 is 19.9 Å². The van der Waals surface area contributed by atoms with Gasteiger partial charge in [-0.05, 0) is 25.0 Å². The number of nitrogens with zero attached hydrogens (tertiary/aromatic N) is 4. The van der Waals surface area contributed by atoms with Crippen LogP contribution in [0.25, 0.3) is 11.2 Å². The van der Waals surface area contributed by atoms with E-state index in [0.717, 1.165) is 12.8 Å². The van der Waals surface area contributed by atoms with Crippen LogP contribution in [-0.4, -0.2) is 38.3 Å². The van der Waals surface area contributed by atoms with E-state index in [1.807, 2.05) is 0 Å². The van der Waals surface area contributed by atoms with Gasteiger partial charge in [0.05, 0.1) is 13.4 Å². The van der Waals surface area contributed by atoms with Gasteiger partial charge >= 0.3 is 6.08 Å². The Morgan fingerprint density at radius 1 is 1.40 bits per heavy atom. The third-order valence-electron chi connectivity index (χ3n) is 4.05. The summed E-state index contributed by atoms with van der Waals surface area (Å²) in [4.78, 5) is 12.0. The van der Waals surface area contributed by atoms with Gasteiger partial charge in [-0.15, -0.1) is 0 Å². The summed E-state index contributed by atoms with van der Waals surface area (Å²) in [7, 11) is 1.45. The zero-order valence-electron chi connectivity index (χ0n) is 13.4. The number of rotatable bonds is 4. The minimum Gasteiger partial charge on any atom is -0.504 e. The molecule has 0 radical (unpaired) electrons. The maximum atomic E-state index is 13.9. The van der Waals surface area contributed by atoms with Crippen LogP contribution in [0.5, 0.6) is 11.5 Å². The van der Waals surface area contributed by atoms with E-state index in [4.69, 9.17) is 9.47 Å². The topological polar surface area (TPSA) is 94.3 Å². The average Bonchev–Trinajstić information content (AvgIpc) is 3.25. The number of methoxy groups -OCH3 is 1. The van der Waals surface area contributed by atoms with Crippen molar-refractivity contribution in [3.63, 3.8) is 0 Å². The molecule has 0 spiro atoms. The lowest BCUT2D eigenvalue weighted by Crippen LogP contribution is -2.08. The molecule has 0 bridgehead atoms.